The monoisotopic (exact) mass is 243 g/mol. The number of nitrogens with one attached hydrogen (secondary N) is 1. The highest BCUT2D eigenvalue weighted by Crippen LogP contribution is 2.18. The van der Waals surface area contributed by atoms with Crippen molar-refractivity contribution >= 4 is 11.6 Å². The summed E-state index contributed by atoms with van der Waals surface area (Å²) < 4.78 is 1.91. The summed E-state index contributed by atoms with van der Waals surface area (Å²) in [5.41, 5.74) is 1.43. The lowest BCUT2D eigenvalue weighted by Crippen LogP contribution is -2.27. The summed E-state index contributed by atoms with van der Waals surface area (Å²) in [5, 5.41) is 2.89. The van der Waals surface area contributed by atoms with Crippen molar-refractivity contribution in [3.8, 4) is 5.69 Å². The highest BCUT2D eigenvalue weighted by Gasteiger charge is 2.20. The van der Waals surface area contributed by atoms with Crippen molar-refractivity contribution in [2.75, 3.05) is 5.32 Å². The molecule has 0 bridgehead atoms. The molecule has 1 aromatic heterocycles. The summed E-state index contributed by atoms with van der Waals surface area (Å²) in [6.07, 6.45) is 5.35. The Balaban J connectivity index is 2.12. The number of imidazole rings is 1. The zero-order chi connectivity index (χ0) is 13.2. The number of hydrogen-bond acceptors (Lipinski definition) is 2. The van der Waals surface area contributed by atoms with Crippen molar-refractivity contribution in [3.05, 3.63) is 43.0 Å². The molecule has 1 N–H and O–H groups in total. The third-order valence-corrected chi connectivity index (χ3v) is 2.61. The minimum atomic E-state index is -0.386. The molecule has 1 aromatic carbocycles. The van der Waals surface area contributed by atoms with Gasteiger partial charge in [0.25, 0.3) is 0 Å². The predicted octanol–water partition coefficient (Wildman–Crippen LogP) is 2.86. The Morgan fingerprint density at radius 3 is 2.39 bits per heavy atom. The van der Waals surface area contributed by atoms with E-state index in [1.54, 1.807) is 12.5 Å². The number of carbonyl (C=O) groups is 1. The van der Waals surface area contributed by atoms with Gasteiger partial charge in [-0.3, -0.25) is 4.79 Å². The molecular weight excluding hydrogens is 226 g/mol. The van der Waals surface area contributed by atoms with E-state index >= 15 is 0 Å². The molecular formula is C14H17N3O. The third kappa shape index (κ3) is 2.77. The molecule has 0 aliphatic heterocycles. The molecule has 1 heterocycles. The van der Waals surface area contributed by atoms with Gasteiger partial charge in [-0.05, 0) is 24.3 Å². The molecule has 0 saturated carbocycles. The molecule has 18 heavy (non-hydrogen) atoms. The van der Waals surface area contributed by atoms with Crippen LogP contribution < -0.4 is 5.32 Å². The first kappa shape index (κ1) is 12.4. The Morgan fingerprint density at radius 2 is 1.89 bits per heavy atom. The fourth-order valence-electron chi connectivity index (χ4n) is 1.45. The second kappa shape index (κ2) is 4.64. The number of amides is 1. The lowest BCUT2D eigenvalue weighted by Gasteiger charge is -2.17. The SMILES string of the molecule is CC(C)(C)C(=O)Nc1ccc(-n2ccnc2)cc1. The molecule has 2 aromatic rings. The van der Waals surface area contributed by atoms with Crippen LogP contribution in [0.4, 0.5) is 5.69 Å². The van der Waals surface area contributed by atoms with Crippen molar-refractivity contribution < 1.29 is 4.79 Å². The fourth-order valence-corrected chi connectivity index (χ4v) is 1.45. The minimum Gasteiger partial charge on any atom is -0.326 e. The molecule has 0 aliphatic rings. The van der Waals surface area contributed by atoms with Crippen LogP contribution in [0, 0.1) is 5.41 Å². The molecule has 0 radical (unpaired) electrons. The molecule has 0 fully saturated rings. The topological polar surface area (TPSA) is 46.9 Å². The summed E-state index contributed by atoms with van der Waals surface area (Å²) >= 11 is 0. The molecule has 0 unspecified atom stereocenters. The lowest BCUT2D eigenvalue weighted by atomic mass is 9.95. The van der Waals surface area contributed by atoms with E-state index < -0.39 is 0 Å². The Kier molecular flexibility index (Phi) is 3.19. The predicted molar refractivity (Wildman–Crippen MR) is 71.6 cm³/mol. The van der Waals surface area contributed by atoms with Crippen molar-refractivity contribution in [3.63, 3.8) is 0 Å². The van der Waals surface area contributed by atoms with E-state index in [4.69, 9.17) is 0 Å². The van der Waals surface area contributed by atoms with Crippen LogP contribution in [0.3, 0.4) is 0 Å². The molecule has 1 amide bonds. The van der Waals surface area contributed by atoms with E-state index in [9.17, 15) is 4.79 Å². The van der Waals surface area contributed by atoms with E-state index in [-0.39, 0.29) is 11.3 Å². The van der Waals surface area contributed by atoms with Gasteiger partial charge in [-0.25, -0.2) is 4.98 Å². The highest BCUT2D eigenvalue weighted by molar-refractivity contribution is 5.94. The number of carbonyl (C=O) groups excluding carboxylic acids is 1. The number of aromatic nitrogens is 2. The molecule has 4 heteroatoms. The Bertz CT molecular complexity index is 521. The van der Waals surface area contributed by atoms with Gasteiger partial charge in [0.05, 0.1) is 6.33 Å². The highest BCUT2D eigenvalue weighted by atomic mass is 16.2. The summed E-state index contributed by atoms with van der Waals surface area (Å²) in [6, 6.07) is 7.66. The maximum Gasteiger partial charge on any atom is 0.229 e. The van der Waals surface area contributed by atoms with Crippen LogP contribution in [-0.4, -0.2) is 15.5 Å². The molecule has 94 valence electrons. The zero-order valence-electron chi connectivity index (χ0n) is 10.8. The molecule has 0 saturated heterocycles. The number of anilines is 1. The van der Waals surface area contributed by atoms with Gasteiger partial charge in [-0.15, -0.1) is 0 Å². The Hall–Kier alpha value is -2.10. The molecule has 0 aliphatic carbocycles. The first-order valence-corrected chi connectivity index (χ1v) is 5.87. The van der Waals surface area contributed by atoms with Gasteiger partial charge in [-0.2, -0.15) is 0 Å². The smallest absolute Gasteiger partial charge is 0.229 e. The summed E-state index contributed by atoms with van der Waals surface area (Å²) in [4.78, 5) is 15.8. The zero-order valence-corrected chi connectivity index (χ0v) is 10.8. The van der Waals surface area contributed by atoms with E-state index in [1.807, 2.05) is 55.8 Å². The van der Waals surface area contributed by atoms with E-state index in [0.717, 1.165) is 11.4 Å². The average Bonchev–Trinajstić information content (AvgIpc) is 2.82. The molecule has 2 rings (SSSR count). The van der Waals surface area contributed by atoms with E-state index in [2.05, 4.69) is 10.3 Å². The normalized spacial score (nSPS) is 11.3. The third-order valence-electron chi connectivity index (χ3n) is 2.61. The van der Waals surface area contributed by atoms with Gasteiger partial charge in [0.1, 0.15) is 0 Å². The second-order valence-electron chi connectivity index (χ2n) is 5.22. The maximum absolute atomic E-state index is 11.8. The van der Waals surface area contributed by atoms with E-state index in [1.165, 1.54) is 0 Å². The Labute approximate surface area is 107 Å². The first-order chi connectivity index (χ1) is 8.47. The number of rotatable bonds is 2. The van der Waals surface area contributed by atoms with Crippen LogP contribution >= 0.6 is 0 Å². The minimum absolute atomic E-state index is 0.0119. The van der Waals surface area contributed by atoms with Crippen molar-refractivity contribution in [1.29, 1.82) is 0 Å². The number of benzene rings is 1. The van der Waals surface area contributed by atoms with Crippen LogP contribution in [0.15, 0.2) is 43.0 Å². The van der Waals surface area contributed by atoms with E-state index in [0.29, 0.717) is 0 Å². The summed E-state index contributed by atoms with van der Waals surface area (Å²) in [7, 11) is 0. The van der Waals surface area contributed by atoms with Crippen LogP contribution in [0.2, 0.25) is 0 Å². The largest absolute Gasteiger partial charge is 0.326 e. The Morgan fingerprint density at radius 1 is 1.22 bits per heavy atom. The fraction of sp³-hybridized carbons (Fsp3) is 0.286. The van der Waals surface area contributed by atoms with Crippen molar-refractivity contribution in [2.24, 2.45) is 5.41 Å². The number of nitrogens with zero attached hydrogens (tertiary/aromatic N) is 2. The first-order valence-electron chi connectivity index (χ1n) is 5.87. The maximum atomic E-state index is 11.8. The summed E-state index contributed by atoms with van der Waals surface area (Å²) in [5.74, 6) is 0.0119. The van der Waals surface area contributed by atoms with Gasteiger partial charge in [0.2, 0.25) is 5.91 Å². The van der Waals surface area contributed by atoms with Gasteiger partial charge in [0.15, 0.2) is 0 Å². The van der Waals surface area contributed by atoms with Crippen LogP contribution in [0.5, 0.6) is 0 Å². The van der Waals surface area contributed by atoms with Gasteiger partial charge in [-0.1, -0.05) is 20.8 Å². The standard InChI is InChI=1S/C14H17N3O/c1-14(2,3)13(18)16-11-4-6-12(7-5-11)17-9-8-15-10-17/h4-10H,1-3H3,(H,16,18). The second-order valence-corrected chi connectivity index (χ2v) is 5.22. The summed E-state index contributed by atoms with van der Waals surface area (Å²) in [6.45, 7) is 5.67. The quantitative estimate of drug-likeness (QED) is 0.881. The van der Waals surface area contributed by atoms with Gasteiger partial charge >= 0.3 is 0 Å². The van der Waals surface area contributed by atoms with Crippen molar-refractivity contribution in [1.82, 2.24) is 9.55 Å². The molecule has 4 nitrogen and oxygen atoms in total. The van der Waals surface area contributed by atoms with Crippen molar-refractivity contribution in [2.45, 2.75) is 20.8 Å². The van der Waals surface area contributed by atoms with Gasteiger partial charge < -0.3 is 9.88 Å². The average molecular weight is 243 g/mol. The molecule has 0 spiro atoms. The lowest BCUT2D eigenvalue weighted by molar-refractivity contribution is -0.123. The molecule has 0 atom stereocenters. The van der Waals surface area contributed by atoms with Crippen LogP contribution in [0.25, 0.3) is 5.69 Å². The van der Waals surface area contributed by atoms with Crippen LogP contribution in [-0.2, 0) is 4.79 Å². The van der Waals surface area contributed by atoms with Crippen LogP contribution in [0.1, 0.15) is 20.8 Å². The van der Waals surface area contributed by atoms with Gasteiger partial charge in [0, 0.05) is 29.2 Å². The number of hydrogen-bond donors (Lipinski definition) is 1.